The number of hydrogen-bond acceptors (Lipinski definition) is 3. The molecule has 2 aromatic rings. The van der Waals surface area contributed by atoms with Crippen molar-refractivity contribution in [2.75, 3.05) is 11.9 Å². The minimum absolute atomic E-state index is 0.0992. The fraction of sp³-hybridized carbons (Fsp3) is 0.231. The van der Waals surface area contributed by atoms with E-state index >= 15 is 0 Å². The molecule has 18 heavy (non-hydrogen) atoms. The molecule has 0 aliphatic heterocycles. The van der Waals surface area contributed by atoms with Crippen molar-refractivity contribution in [2.24, 2.45) is 0 Å². The molecule has 0 saturated heterocycles. The van der Waals surface area contributed by atoms with E-state index < -0.39 is 0 Å². The molecule has 5 heteroatoms. The van der Waals surface area contributed by atoms with E-state index in [2.05, 4.69) is 10.3 Å². The maximum absolute atomic E-state index is 13.3. The number of rotatable bonds is 4. The number of aryl methyl sites for hydroxylation is 1. The Balaban J connectivity index is 1.97. The zero-order valence-corrected chi connectivity index (χ0v) is 10.1. The highest BCUT2D eigenvalue weighted by Crippen LogP contribution is 2.11. The van der Waals surface area contributed by atoms with Gasteiger partial charge in [0.2, 0.25) is 0 Å². The van der Waals surface area contributed by atoms with E-state index in [4.69, 9.17) is 0 Å². The fourth-order valence-electron chi connectivity index (χ4n) is 1.60. The second-order valence-corrected chi connectivity index (χ2v) is 3.97. The first-order chi connectivity index (χ1) is 8.66. The first kappa shape index (κ1) is 12.3. The molecule has 4 nitrogen and oxygen atoms in total. The van der Waals surface area contributed by atoms with Crippen LogP contribution in [-0.4, -0.2) is 16.1 Å². The lowest BCUT2D eigenvalue weighted by molar-refractivity contribution is 0.625. The fourth-order valence-corrected chi connectivity index (χ4v) is 1.60. The van der Waals surface area contributed by atoms with Crippen LogP contribution in [0, 0.1) is 12.7 Å². The molecule has 0 fully saturated rings. The van der Waals surface area contributed by atoms with E-state index in [0.717, 1.165) is 0 Å². The topological polar surface area (TPSA) is 46.9 Å². The Morgan fingerprint density at radius 3 is 2.89 bits per heavy atom. The van der Waals surface area contributed by atoms with Crippen LogP contribution in [0.4, 0.5) is 10.1 Å². The number of para-hydroxylation sites is 1. The van der Waals surface area contributed by atoms with Gasteiger partial charge in [0.25, 0.3) is 5.56 Å². The molecule has 1 aromatic heterocycles. The van der Waals surface area contributed by atoms with Gasteiger partial charge in [0.05, 0.1) is 12.0 Å². The zero-order chi connectivity index (χ0) is 13.0. The Kier molecular flexibility index (Phi) is 3.72. The average Bonchev–Trinajstić information content (AvgIpc) is 2.34. The third kappa shape index (κ3) is 2.94. The lowest BCUT2D eigenvalue weighted by Gasteiger charge is -2.08. The van der Waals surface area contributed by atoms with Crippen LogP contribution in [0.5, 0.6) is 0 Å². The summed E-state index contributed by atoms with van der Waals surface area (Å²) in [5.74, 6) is -0.299. The van der Waals surface area contributed by atoms with Gasteiger partial charge in [0.1, 0.15) is 5.82 Å². The molecular formula is C13H14FN3O. The van der Waals surface area contributed by atoms with Crippen molar-refractivity contribution in [1.29, 1.82) is 0 Å². The minimum atomic E-state index is -0.299. The predicted molar refractivity (Wildman–Crippen MR) is 68.1 cm³/mol. The van der Waals surface area contributed by atoms with Gasteiger partial charge in [-0.05, 0) is 19.1 Å². The monoisotopic (exact) mass is 247 g/mol. The molecule has 1 heterocycles. The highest BCUT2D eigenvalue weighted by atomic mass is 19.1. The van der Waals surface area contributed by atoms with Crippen LogP contribution in [0.3, 0.4) is 0 Å². The van der Waals surface area contributed by atoms with Crippen molar-refractivity contribution in [2.45, 2.75) is 13.5 Å². The predicted octanol–water partition coefficient (Wildman–Crippen LogP) is 1.80. The van der Waals surface area contributed by atoms with Gasteiger partial charge in [0.15, 0.2) is 0 Å². The summed E-state index contributed by atoms with van der Waals surface area (Å²) in [4.78, 5) is 15.6. The van der Waals surface area contributed by atoms with Crippen LogP contribution >= 0.6 is 0 Å². The number of halogens is 1. The van der Waals surface area contributed by atoms with Crippen LogP contribution in [0.2, 0.25) is 0 Å². The van der Waals surface area contributed by atoms with Crippen LogP contribution in [0.25, 0.3) is 0 Å². The zero-order valence-electron chi connectivity index (χ0n) is 10.1. The molecular weight excluding hydrogens is 233 g/mol. The highest BCUT2D eigenvalue weighted by Gasteiger charge is 2.00. The summed E-state index contributed by atoms with van der Waals surface area (Å²) in [6.45, 7) is 2.68. The first-order valence-corrected chi connectivity index (χ1v) is 5.68. The van der Waals surface area contributed by atoms with Gasteiger partial charge in [-0.2, -0.15) is 0 Å². The van der Waals surface area contributed by atoms with Gasteiger partial charge < -0.3 is 5.32 Å². The summed E-state index contributed by atoms with van der Waals surface area (Å²) in [5, 5.41) is 2.94. The van der Waals surface area contributed by atoms with E-state index in [1.807, 2.05) is 0 Å². The van der Waals surface area contributed by atoms with Gasteiger partial charge >= 0.3 is 0 Å². The molecule has 0 radical (unpaired) electrons. The minimum Gasteiger partial charge on any atom is -0.381 e. The van der Waals surface area contributed by atoms with E-state index in [1.54, 1.807) is 25.1 Å². The van der Waals surface area contributed by atoms with Crippen LogP contribution in [-0.2, 0) is 6.54 Å². The van der Waals surface area contributed by atoms with Crippen LogP contribution in [0.15, 0.2) is 41.5 Å². The lowest BCUT2D eigenvalue weighted by atomic mass is 10.3. The van der Waals surface area contributed by atoms with Crippen molar-refractivity contribution in [3.63, 3.8) is 0 Å². The molecule has 0 aliphatic rings. The van der Waals surface area contributed by atoms with Crippen LogP contribution < -0.4 is 10.9 Å². The Morgan fingerprint density at radius 2 is 2.17 bits per heavy atom. The summed E-state index contributed by atoms with van der Waals surface area (Å²) < 4.78 is 14.8. The Bertz CT molecular complexity index is 595. The number of hydrogen-bond donors (Lipinski definition) is 1. The highest BCUT2D eigenvalue weighted by molar-refractivity contribution is 5.44. The number of aromatic nitrogens is 2. The van der Waals surface area contributed by atoms with Crippen LogP contribution in [0.1, 0.15) is 5.69 Å². The molecule has 0 spiro atoms. The molecule has 94 valence electrons. The van der Waals surface area contributed by atoms with E-state index in [0.29, 0.717) is 24.5 Å². The average molecular weight is 247 g/mol. The van der Waals surface area contributed by atoms with Gasteiger partial charge in [-0.3, -0.25) is 9.36 Å². The number of nitrogens with zero attached hydrogens (tertiary/aromatic N) is 2. The third-order valence-corrected chi connectivity index (χ3v) is 2.56. The van der Waals surface area contributed by atoms with E-state index in [-0.39, 0.29) is 11.4 Å². The standard InChI is InChI=1S/C13H14FN3O/c1-10-8-13(18)17(9-16-10)7-6-15-12-5-3-2-4-11(12)14/h2-5,8-9,15H,6-7H2,1H3. The molecule has 0 atom stereocenters. The van der Waals surface area contributed by atoms with E-state index in [9.17, 15) is 9.18 Å². The van der Waals surface area contributed by atoms with E-state index in [1.165, 1.54) is 23.0 Å². The molecule has 0 saturated carbocycles. The molecule has 0 amide bonds. The Hall–Kier alpha value is -2.17. The molecule has 0 bridgehead atoms. The SMILES string of the molecule is Cc1cc(=O)n(CCNc2ccccc2F)cn1. The lowest BCUT2D eigenvalue weighted by Crippen LogP contribution is -2.23. The maximum Gasteiger partial charge on any atom is 0.253 e. The van der Waals surface area contributed by atoms with Crippen molar-refractivity contribution in [3.8, 4) is 0 Å². The Morgan fingerprint density at radius 1 is 1.39 bits per heavy atom. The normalized spacial score (nSPS) is 10.3. The smallest absolute Gasteiger partial charge is 0.253 e. The second-order valence-electron chi connectivity index (χ2n) is 3.97. The van der Waals surface area contributed by atoms with Gasteiger partial charge in [-0.15, -0.1) is 0 Å². The maximum atomic E-state index is 13.3. The number of benzene rings is 1. The van der Waals surface area contributed by atoms with Crippen molar-refractivity contribution < 1.29 is 4.39 Å². The molecule has 1 aromatic carbocycles. The van der Waals surface area contributed by atoms with Gasteiger partial charge in [0, 0.05) is 24.8 Å². The molecule has 2 rings (SSSR count). The van der Waals surface area contributed by atoms with Crippen molar-refractivity contribution in [3.05, 3.63) is 58.5 Å². The summed E-state index contributed by atoms with van der Waals surface area (Å²) in [6.07, 6.45) is 1.50. The van der Waals surface area contributed by atoms with Gasteiger partial charge in [-0.25, -0.2) is 9.37 Å². The summed E-state index contributed by atoms with van der Waals surface area (Å²) in [6, 6.07) is 7.91. The second kappa shape index (κ2) is 5.44. The summed E-state index contributed by atoms with van der Waals surface area (Å²) in [5.41, 5.74) is 1.03. The van der Waals surface area contributed by atoms with Crippen molar-refractivity contribution in [1.82, 2.24) is 9.55 Å². The Labute approximate surface area is 104 Å². The quantitative estimate of drug-likeness (QED) is 0.896. The number of anilines is 1. The summed E-state index contributed by atoms with van der Waals surface area (Å²) >= 11 is 0. The molecule has 1 N–H and O–H groups in total. The first-order valence-electron chi connectivity index (χ1n) is 5.68. The molecule has 0 aliphatic carbocycles. The molecule has 0 unspecified atom stereocenters. The third-order valence-electron chi connectivity index (χ3n) is 2.56. The summed E-state index contributed by atoms with van der Waals surface area (Å²) in [7, 11) is 0. The largest absolute Gasteiger partial charge is 0.381 e. The number of nitrogens with one attached hydrogen (secondary N) is 1. The van der Waals surface area contributed by atoms with Gasteiger partial charge in [-0.1, -0.05) is 12.1 Å². The van der Waals surface area contributed by atoms with Crippen molar-refractivity contribution >= 4 is 5.69 Å².